The quantitative estimate of drug-likeness (QED) is 0.823. The number of hydrogen-bond acceptors (Lipinski definition) is 5. The fourth-order valence-corrected chi connectivity index (χ4v) is 2.74. The molecule has 0 atom stereocenters. The van der Waals surface area contributed by atoms with Gasteiger partial charge in [-0.3, -0.25) is 4.79 Å². The highest BCUT2D eigenvalue weighted by molar-refractivity contribution is 5.92. The van der Waals surface area contributed by atoms with Gasteiger partial charge in [0.15, 0.2) is 0 Å². The molecule has 1 fully saturated rings. The zero-order valence-electron chi connectivity index (χ0n) is 14.2. The molecule has 2 heterocycles. The van der Waals surface area contributed by atoms with Crippen molar-refractivity contribution in [1.82, 2.24) is 19.8 Å². The van der Waals surface area contributed by atoms with Gasteiger partial charge in [-0.15, -0.1) is 0 Å². The summed E-state index contributed by atoms with van der Waals surface area (Å²) in [4.78, 5) is 27.9. The van der Waals surface area contributed by atoms with Gasteiger partial charge >= 0.3 is 0 Å². The van der Waals surface area contributed by atoms with E-state index in [-0.39, 0.29) is 5.91 Å². The summed E-state index contributed by atoms with van der Waals surface area (Å²) >= 11 is 0. The Morgan fingerprint density at radius 1 is 1.14 bits per heavy atom. The first-order valence-corrected chi connectivity index (χ1v) is 8.21. The molecule has 1 aliphatic heterocycles. The average molecular weight is 305 g/mol. The molecule has 1 saturated heterocycles. The lowest BCUT2D eigenvalue weighted by atomic mass is 10.3. The summed E-state index contributed by atoms with van der Waals surface area (Å²) in [5, 5.41) is 0. The molecule has 0 N–H and O–H groups in total. The Bertz CT molecular complexity index is 507. The Balaban J connectivity index is 2.18. The van der Waals surface area contributed by atoms with Crippen LogP contribution in [-0.2, 0) is 0 Å². The second-order valence-corrected chi connectivity index (χ2v) is 5.59. The van der Waals surface area contributed by atoms with Crippen molar-refractivity contribution in [2.75, 3.05) is 50.7 Å². The van der Waals surface area contributed by atoms with E-state index in [0.717, 1.165) is 38.4 Å². The van der Waals surface area contributed by atoms with Crippen molar-refractivity contribution < 1.29 is 4.79 Å². The van der Waals surface area contributed by atoms with Crippen LogP contribution >= 0.6 is 0 Å². The highest BCUT2D eigenvalue weighted by Gasteiger charge is 2.21. The van der Waals surface area contributed by atoms with Crippen LogP contribution < -0.4 is 4.90 Å². The molecule has 122 valence electrons. The summed E-state index contributed by atoms with van der Waals surface area (Å²) in [6, 6.07) is 1.78. The van der Waals surface area contributed by atoms with Crippen molar-refractivity contribution >= 4 is 11.9 Å². The lowest BCUT2D eigenvalue weighted by Gasteiger charge is -2.34. The van der Waals surface area contributed by atoms with E-state index in [1.165, 1.54) is 0 Å². The number of aromatic nitrogens is 2. The number of rotatable bonds is 5. The van der Waals surface area contributed by atoms with Gasteiger partial charge in [-0.05, 0) is 33.4 Å². The Kier molecular flexibility index (Phi) is 5.71. The second kappa shape index (κ2) is 7.54. The number of likely N-dealkylation sites (N-methyl/N-ethyl adjacent to an activating group) is 1. The maximum atomic E-state index is 12.5. The van der Waals surface area contributed by atoms with Gasteiger partial charge in [0.05, 0.1) is 0 Å². The van der Waals surface area contributed by atoms with Crippen LogP contribution in [0.5, 0.6) is 0 Å². The molecule has 0 saturated carbocycles. The smallest absolute Gasteiger partial charge is 0.272 e. The summed E-state index contributed by atoms with van der Waals surface area (Å²) in [5.41, 5.74) is 1.35. The third-order valence-corrected chi connectivity index (χ3v) is 4.21. The first-order valence-electron chi connectivity index (χ1n) is 8.21. The van der Waals surface area contributed by atoms with E-state index in [1.807, 2.05) is 20.8 Å². The van der Waals surface area contributed by atoms with Gasteiger partial charge in [-0.2, -0.15) is 0 Å². The predicted octanol–water partition coefficient (Wildman–Crippen LogP) is 1.41. The van der Waals surface area contributed by atoms with E-state index in [9.17, 15) is 4.79 Å². The van der Waals surface area contributed by atoms with E-state index >= 15 is 0 Å². The Hall–Kier alpha value is -1.69. The summed E-state index contributed by atoms with van der Waals surface area (Å²) in [7, 11) is 0. The van der Waals surface area contributed by atoms with E-state index < -0.39 is 0 Å². The van der Waals surface area contributed by atoms with Crippen molar-refractivity contribution in [3.05, 3.63) is 17.5 Å². The average Bonchev–Trinajstić information content (AvgIpc) is 2.55. The number of anilines is 1. The monoisotopic (exact) mass is 305 g/mol. The molecule has 0 aromatic carbocycles. The van der Waals surface area contributed by atoms with Gasteiger partial charge in [-0.1, -0.05) is 6.92 Å². The molecule has 0 bridgehead atoms. The number of nitrogens with zero attached hydrogens (tertiary/aromatic N) is 5. The maximum Gasteiger partial charge on any atom is 0.272 e. The van der Waals surface area contributed by atoms with E-state index in [4.69, 9.17) is 0 Å². The normalized spacial score (nSPS) is 15.9. The van der Waals surface area contributed by atoms with Crippen LogP contribution in [-0.4, -0.2) is 71.5 Å². The van der Waals surface area contributed by atoms with Crippen LogP contribution in [0, 0.1) is 6.92 Å². The van der Waals surface area contributed by atoms with E-state index in [2.05, 4.69) is 26.7 Å². The highest BCUT2D eigenvalue weighted by atomic mass is 16.2. The van der Waals surface area contributed by atoms with Crippen molar-refractivity contribution in [2.24, 2.45) is 0 Å². The van der Waals surface area contributed by atoms with Gasteiger partial charge in [0, 0.05) is 45.0 Å². The Morgan fingerprint density at radius 3 is 2.32 bits per heavy atom. The SMILES string of the molecule is CCN1CCN(c2nc(C)cc(C(=O)N(CC)CC)n2)CC1. The number of amides is 1. The largest absolute Gasteiger partial charge is 0.338 e. The molecule has 6 heteroatoms. The minimum Gasteiger partial charge on any atom is -0.338 e. The molecular weight excluding hydrogens is 278 g/mol. The van der Waals surface area contributed by atoms with Gasteiger partial charge in [-0.25, -0.2) is 9.97 Å². The molecule has 0 radical (unpaired) electrons. The molecule has 6 nitrogen and oxygen atoms in total. The number of carbonyl (C=O) groups excluding carboxylic acids is 1. The number of hydrogen-bond donors (Lipinski definition) is 0. The van der Waals surface area contributed by atoms with E-state index in [1.54, 1.807) is 11.0 Å². The summed E-state index contributed by atoms with van der Waals surface area (Å²) in [6.45, 7) is 14.4. The first kappa shape index (κ1) is 16.7. The van der Waals surface area contributed by atoms with Crippen molar-refractivity contribution in [1.29, 1.82) is 0 Å². The van der Waals surface area contributed by atoms with Gasteiger partial charge in [0.1, 0.15) is 5.69 Å². The zero-order chi connectivity index (χ0) is 16.1. The molecule has 1 aromatic heterocycles. The molecular formula is C16H27N5O. The summed E-state index contributed by atoms with van der Waals surface area (Å²) in [5.74, 6) is 0.676. The lowest BCUT2D eigenvalue weighted by molar-refractivity contribution is 0.0767. The zero-order valence-corrected chi connectivity index (χ0v) is 14.2. The lowest BCUT2D eigenvalue weighted by Crippen LogP contribution is -2.47. The molecule has 1 aromatic rings. The number of aryl methyl sites for hydroxylation is 1. The van der Waals surface area contributed by atoms with Gasteiger partial charge in [0.2, 0.25) is 5.95 Å². The molecule has 0 unspecified atom stereocenters. The summed E-state index contributed by atoms with van der Waals surface area (Å²) < 4.78 is 0. The number of carbonyl (C=O) groups is 1. The van der Waals surface area contributed by atoms with Gasteiger partial charge < -0.3 is 14.7 Å². The Labute approximate surface area is 133 Å². The van der Waals surface area contributed by atoms with Crippen LogP contribution in [0.1, 0.15) is 37.0 Å². The minimum absolute atomic E-state index is 0.0102. The maximum absolute atomic E-state index is 12.5. The predicted molar refractivity (Wildman–Crippen MR) is 88.3 cm³/mol. The minimum atomic E-state index is -0.0102. The molecule has 2 rings (SSSR count). The van der Waals surface area contributed by atoms with Crippen molar-refractivity contribution in [3.63, 3.8) is 0 Å². The molecule has 22 heavy (non-hydrogen) atoms. The van der Waals surface area contributed by atoms with E-state index in [0.29, 0.717) is 24.7 Å². The van der Waals surface area contributed by atoms with Crippen LogP contribution in [0.4, 0.5) is 5.95 Å². The molecule has 0 aliphatic carbocycles. The number of piperazine rings is 1. The van der Waals surface area contributed by atoms with Crippen LogP contribution in [0.15, 0.2) is 6.07 Å². The molecule has 0 spiro atoms. The highest BCUT2D eigenvalue weighted by Crippen LogP contribution is 2.14. The second-order valence-electron chi connectivity index (χ2n) is 5.59. The Morgan fingerprint density at radius 2 is 1.77 bits per heavy atom. The van der Waals surface area contributed by atoms with Crippen molar-refractivity contribution in [2.45, 2.75) is 27.7 Å². The third kappa shape index (κ3) is 3.74. The fourth-order valence-electron chi connectivity index (χ4n) is 2.74. The standard InChI is InChI=1S/C16H27N5O/c1-5-19-8-10-21(11-9-19)16-17-13(4)12-14(18-16)15(22)20(6-2)7-3/h12H,5-11H2,1-4H3. The van der Waals surface area contributed by atoms with Crippen LogP contribution in [0.25, 0.3) is 0 Å². The topological polar surface area (TPSA) is 52.6 Å². The van der Waals surface area contributed by atoms with Crippen LogP contribution in [0.3, 0.4) is 0 Å². The third-order valence-electron chi connectivity index (χ3n) is 4.21. The fraction of sp³-hybridized carbons (Fsp3) is 0.688. The molecule has 1 aliphatic rings. The van der Waals surface area contributed by atoms with Crippen molar-refractivity contribution in [3.8, 4) is 0 Å². The van der Waals surface area contributed by atoms with Gasteiger partial charge in [0.25, 0.3) is 5.91 Å². The van der Waals surface area contributed by atoms with Crippen LogP contribution in [0.2, 0.25) is 0 Å². The first-order chi connectivity index (χ1) is 10.6. The summed E-state index contributed by atoms with van der Waals surface area (Å²) in [6.07, 6.45) is 0. The molecule has 1 amide bonds.